The first-order valence-electron chi connectivity index (χ1n) is 4.20. The van der Waals surface area contributed by atoms with E-state index in [0.29, 0.717) is 17.5 Å². The summed E-state index contributed by atoms with van der Waals surface area (Å²) >= 11 is 0. The van der Waals surface area contributed by atoms with E-state index in [9.17, 15) is 9.18 Å². The Morgan fingerprint density at radius 3 is 2.69 bits per heavy atom. The van der Waals surface area contributed by atoms with Crippen molar-refractivity contribution in [3.63, 3.8) is 0 Å². The monoisotopic (exact) mass is 181 g/mol. The van der Waals surface area contributed by atoms with Crippen LogP contribution < -0.4 is 5.73 Å². The summed E-state index contributed by atoms with van der Waals surface area (Å²) < 4.78 is 12.9. The molecule has 1 aromatic carbocycles. The van der Waals surface area contributed by atoms with Crippen molar-refractivity contribution in [1.82, 2.24) is 0 Å². The molecule has 0 heterocycles. The van der Waals surface area contributed by atoms with E-state index < -0.39 is 5.82 Å². The summed E-state index contributed by atoms with van der Waals surface area (Å²) in [5, 5.41) is 0. The van der Waals surface area contributed by atoms with Gasteiger partial charge in [-0.05, 0) is 23.8 Å². The Hall–Kier alpha value is -1.22. The van der Waals surface area contributed by atoms with Crippen molar-refractivity contribution in [2.45, 2.75) is 19.9 Å². The largest absolute Gasteiger partial charge is 0.326 e. The number of nitrogens with two attached hydrogens (primary N) is 1. The minimum atomic E-state index is -0.403. The lowest BCUT2D eigenvalue weighted by Crippen LogP contribution is -2.02. The van der Waals surface area contributed by atoms with Crippen LogP contribution in [0.25, 0.3) is 0 Å². The molecule has 0 aromatic heterocycles. The van der Waals surface area contributed by atoms with Gasteiger partial charge in [-0.3, -0.25) is 4.79 Å². The van der Waals surface area contributed by atoms with Crippen molar-refractivity contribution in [2.24, 2.45) is 5.73 Å². The Bertz CT molecular complexity index is 323. The third-order valence-corrected chi connectivity index (χ3v) is 1.84. The van der Waals surface area contributed by atoms with E-state index in [0.717, 1.165) is 0 Å². The fourth-order valence-electron chi connectivity index (χ4n) is 1.13. The van der Waals surface area contributed by atoms with E-state index in [2.05, 4.69) is 0 Å². The van der Waals surface area contributed by atoms with Gasteiger partial charge in [-0.2, -0.15) is 0 Å². The zero-order valence-corrected chi connectivity index (χ0v) is 7.51. The van der Waals surface area contributed by atoms with Gasteiger partial charge < -0.3 is 5.73 Å². The molecule has 0 fully saturated rings. The van der Waals surface area contributed by atoms with Crippen LogP contribution in [0.3, 0.4) is 0 Å². The van der Waals surface area contributed by atoms with E-state index in [1.807, 2.05) is 0 Å². The topological polar surface area (TPSA) is 43.1 Å². The Labute approximate surface area is 76.6 Å². The molecule has 1 aromatic rings. The number of rotatable bonds is 3. The molecule has 0 bridgehead atoms. The molecular weight excluding hydrogens is 169 g/mol. The lowest BCUT2D eigenvalue weighted by molar-refractivity contribution is 0.0987. The lowest BCUT2D eigenvalue weighted by Gasteiger charge is -2.01. The normalized spacial score (nSPS) is 10.1. The van der Waals surface area contributed by atoms with Gasteiger partial charge in [-0.1, -0.05) is 6.92 Å². The molecule has 0 spiro atoms. The van der Waals surface area contributed by atoms with Gasteiger partial charge in [0.25, 0.3) is 0 Å². The van der Waals surface area contributed by atoms with Crippen LogP contribution in [0.5, 0.6) is 0 Å². The number of halogens is 1. The fraction of sp³-hybridized carbons (Fsp3) is 0.300. The first kappa shape index (κ1) is 9.86. The van der Waals surface area contributed by atoms with E-state index >= 15 is 0 Å². The van der Waals surface area contributed by atoms with E-state index in [1.54, 1.807) is 13.0 Å². The number of carbonyl (C=O) groups is 1. The summed E-state index contributed by atoms with van der Waals surface area (Å²) in [6.07, 6.45) is 0.382. The molecule has 0 aliphatic rings. The standard InChI is InChI=1S/C10H12FNO/c1-2-10(13)8-3-7(6-12)4-9(11)5-8/h3-5H,2,6,12H2,1H3. The zero-order valence-electron chi connectivity index (χ0n) is 7.51. The molecule has 13 heavy (non-hydrogen) atoms. The van der Waals surface area contributed by atoms with Crippen LogP contribution in [-0.4, -0.2) is 5.78 Å². The Kier molecular flexibility index (Phi) is 3.14. The zero-order chi connectivity index (χ0) is 9.84. The highest BCUT2D eigenvalue weighted by molar-refractivity contribution is 5.96. The van der Waals surface area contributed by atoms with Gasteiger partial charge in [-0.25, -0.2) is 4.39 Å². The minimum Gasteiger partial charge on any atom is -0.326 e. The van der Waals surface area contributed by atoms with Crippen LogP contribution in [-0.2, 0) is 6.54 Å². The predicted octanol–water partition coefficient (Wildman–Crippen LogP) is 1.88. The van der Waals surface area contributed by atoms with Crippen LogP contribution in [0.1, 0.15) is 29.3 Å². The maximum absolute atomic E-state index is 12.9. The summed E-state index contributed by atoms with van der Waals surface area (Å²) in [6, 6.07) is 4.21. The molecule has 3 heteroatoms. The lowest BCUT2D eigenvalue weighted by atomic mass is 10.1. The second-order valence-electron chi connectivity index (χ2n) is 2.83. The summed E-state index contributed by atoms with van der Waals surface area (Å²) in [4.78, 5) is 11.2. The molecule has 0 saturated carbocycles. The maximum atomic E-state index is 12.9. The Balaban J connectivity index is 3.08. The third kappa shape index (κ3) is 2.36. The summed E-state index contributed by atoms with van der Waals surface area (Å²) in [5.74, 6) is -0.464. The molecule has 0 unspecified atom stereocenters. The van der Waals surface area contributed by atoms with Crippen LogP contribution >= 0.6 is 0 Å². The molecule has 0 aliphatic heterocycles. The molecule has 2 N–H and O–H groups in total. The van der Waals surface area contributed by atoms with Gasteiger partial charge in [0.1, 0.15) is 5.82 Å². The Morgan fingerprint density at radius 1 is 1.46 bits per heavy atom. The van der Waals surface area contributed by atoms with Crippen LogP contribution in [0.15, 0.2) is 18.2 Å². The maximum Gasteiger partial charge on any atom is 0.162 e. The second kappa shape index (κ2) is 4.14. The summed E-state index contributed by atoms with van der Waals surface area (Å²) in [7, 11) is 0. The summed E-state index contributed by atoms with van der Waals surface area (Å²) in [6.45, 7) is 2.00. The second-order valence-corrected chi connectivity index (χ2v) is 2.83. The number of hydrogen-bond acceptors (Lipinski definition) is 2. The molecule has 0 atom stereocenters. The van der Waals surface area contributed by atoms with Gasteiger partial charge >= 0.3 is 0 Å². The number of ketones is 1. The SMILES string of the molecule is CCC(=O)c1cc(F)cc(CN)c1. The number of benzene rings is 1. The average molecular weight is 181 g/mol. The van der Waals surface area contributed by atoms with Crippen molar-refractivity contribution < 1.29 is 9.18 Å². The van der Waals surface area contributed by atoms with Gasteiger partial charge in [0, 0.05) is 18.5 Å². The van der Waals surface area contributed by atoms with Crippen LogP contribution in [0.2, 0.25) is 0 Å². The number of hydrogen-bond donors (Lipinski definition) is 1. The molecule has 0 saturated heterocycles. The van der Waals surface area contributed by atoms with Crippen molar-refractivity contribution >= 4 is 5.78 Å². The van der Waals surface area contributed by atoms with Crippen molar-refractivity contribution in [3.05, 3.63) is 35.1 Å². The van der Waals surface area contributed by atoms with Crippen LogP contribution in [0.4, 0.5) is 4.39 Å². The molecule has 0 amide bonds. The quantitative estimate of drug-likeness (QED) is 0.723. The third-order valence-electron chi connectivity index (χ3n) is 1.84. The first-order chi connectivity index (χ1) is 6.17. The molecule has 2 nitrogen and oxygen atoms in total. The Morgan fingerprint density at radius 2 is 2.15 bits per heavy atom. The van der Waals surface area contributed by atoms with E-state index in [-0.39, 0.29) is 12.3 Å². The van der Waals surface area contributed by atoms with E-state index in [1.165, 1.54) is 12.1 Å². The molecule has 0 radical (unpaired) electrons. The highest BCUT2D eigenvalue weighted by Gasteiger charge is 2.05. The van der Waals surface area contributed by atoms with Crippen molar-refractivity contribution in [2.75, 3.05) is 0 Å². The van der Waals surface area contributed by atoms with Crippen molar-refractivity contribution in [3.8, 4) is 0 Å². The summed E-state index contributed by atoms with van der Waals surface area (Å²) in [5.41, 5.74) is 6.41. The molecule has 70 valence electrons. The average Bonchev–Trinajstić information content (AvgIpc) is 2.15. The number of Topliss-reactive ketones (excluding diaryl/α,β-unsaturated/α-hetero) is 1. The van der Waals surface area contributed by atoms with Crippen LogP contribution in [0, 0.1) is 5.82 Å². The number of carbonyl (C=O) groups excluding carboxylic acids is 1. The molecular formula is C10H12FNO. The highest BCUT2D eigenvalue weighted by Crippen LogP contribution is 2.10. The van der Waals surface area contributed by atoms with E-state index in [4.69, 9.17) is 5.73 Å². The first-order valence-corrected chi connectivity index (χ1v) is 4.20. The van der Waals surface area contributed by atoms with Gasteiger partial charge in [-0.15, -0.1) is 0 Å². The smallest absolute Gasteiger partial charge is 0.162 e. The van der Waals surface area contributed by atoms with Crippen molar-refractivity contribution in [1.29, 1.82) is 0 Å². The van der Waals surface area contributed by atoms with Gasteiger partial charge in [0.05, 0.1) is 0 Å². The highest BCUT2D eigenvalue weighted by atomic mass is 19.1. The van der Waals surface area contributed by atoms with Gasteiger partial charge in [0.15, 0.2) is 5.78 Å². The fourth-order valence-corrected chi connectivity index (χ4v) is 1.13. The molecule has 1 rings (SSSR count). The molecule has 0 aliphatic carbocycles. The van der Waals surface area contributed by atoms with Gasteiger partial charge in [0.2, 0.25) is 0 Å². The predicted molar refractivity (Wildman–Crippen MR) is 48.9 cm³/mol. The minimum absolute atomic E-state index is 0.0609.